The van der Waals surface area contributed by atoms with Crippen molar-refractivity contribution in [2.45, 2.75) is 179 Å². The molecule has 5 rings (SSSR count). The van der Waals surface area contributed by atoms with Gasteiger partial charge in [0.05, 0.1) is 0 Å². The fourth-order valence-corrected chi connectivity index (χ4v) is 9.15. The Bertz CT molecular complexity index is 932. The van der Waals surface area contributed by atoms with Crippen LogP contribution in [0.5, 0.6) is 0 Å². The van der Waals surface area contributed by atoms with Gasteiger partial charge in [-0.15, -0.1) is 11.3 Å². The topological polar surface area (TPSA) is 12.9 Å². The van der Waals surface area contributed by atoms with Crippen LogP contribution in [0.4, 0.5) is 0 Å². The van der Waals surface area contributed by atoms with E-state index < -0.39 is 0 Å². The Morgan fingerprint density at radius 1 is 0.487 bits per heavy atom. The van der Waals surface area contributed by atoms with E-state index in [4.69, 9.17) is 4.98 Å². The number of nitrogens with zero attached hydrogens (tertiary/aromatic N) is 1. The Morgan fingerprint density at radius 2 is 0.949 bits per heavy atom. The van der Waals surface area contributed by atoms with Gasteiger partial charge in [-0.1, -0.05) is 141 Å². The normalized spacial score (nSPS) is 28.6. The number of hydrogen-bond donors (Lipinski definition) is 0. The van der Waals surface area contributed by atoms with Gasteiger partial charge in [-0.25, -0.2) is 4.98 Å². The van der Waals surface area contributed by atoms with Gasteiger partial charge in [-0.2, -0.15) is 0 Å². The Kier molecular flexibility index (Phi) is 12.5. The largest absolute Gasteiger partial charge is 0.242 e. The number of thiophene rings is 1. The molecule has 0 amide bonds. The Labute approximate surface area is 245 Å². The van der Waals surface area contributed by atoms with Crippen molar-refractivity contribution in [1.29, 1.82) is 0 Å². The van der Waals surface area contributed by atoms with E-state index in [2.05, 4.69) is 29.5 Å². The summed E-state index contributed by atoms with van der Waals surface area (Å²) in [5, 5.41) is 1.41. The van der Waals surface area contributed by atoms with E-state index in [0.29, 0.717) is 5.92 Å². The third-order valence-corrected chi connectivity index (χ3v) is 11.9. The summed E-state index contributed by atoms with van der Waals surface area (Å²) in [6.45, 7) is 0. The van der Waals surface area contributed by atoms with Crippen LogP contribution < -0.4 is 0 Å². The summed E-state index contributed by atoms with van der Waals surface area (Å²) in [4.78, 5) is 8.38. The molecule has 3 atom stereocenters. The molecular formula is C37H59NS. The number of hydrogen-bond acceptors (Lipinski definition) is 2. The lowest BCUT2D eigenvalue weighted by molar-refractivity contribution is 0.474. The molecule has 1 nitrogen and oxygen atoms in total. The highest BCUT2D eigenvalue weighted by molar-refractivity contribution is 7.18. The monoisotopic (exact) mass is 549 g/mol. The highest BCUT2D eigenvalue weighted by atomic mass is 32.1. The third kappa shape index (κ3) is 9.86. The molecule has 39 heavy (non-hydrogen) atoms. The van der Waals surface area contributed by atoms with E-state index in [9.17, 15) is 0 Å². The first-order valence-corrected chi connectivity index (χ1v) is 18.6. The summed E-state index contributed by atoms with van der Waals surface area (Å²) < 4.78 is 0. The van der Waals surface area contributed by atoms with Gasteiger partial charge in [0.2, 0.25) is 0 Å². The average Bonchev–Trinajstić information content (AvgIpc) is 3.55. The molecule has 0 N–H and O–H groups in total. The second kappa shape index (κ2) is 16.5. The van der Waals surface area contributed by atoms with E-state index >= 15 is 0 Å². The van der Waals surface area contributed by atoms with Gasteiger partial charge in [0.25, 0.3) is 0 Å². The second-order valence-corrected chi connectivity index (χ2v) is 14.9. The molecule has 2 heteroatoms. The molecule has 0 spiro atoms. The van der Waals surface area contributed by atoms with Crippen molar-refractivity contribution in [2.24, 2.45) is 11.8 Å². The zero-order valence-electron chi connectivity index (χ0n) is 25.3. The molecule has 3 aliphatic rings. The molecule has 2 aromatic heterocycles. The Balaban J connectivity index is 1.23. The van der Waals surface area contributed by atoms with E-state index in [1.165, 1.54) is 183 Å². The van der Waals surface area contributed by atoms with Crippen molar-refractivity contribution in [3.63, 3.8) is 0 Å². The third-order valence-electron chi connectivity index (χ3n) is 10.7. The molecule has 3 fully saturated rings. The van der Waals surface area contributed by atoms with Gasteiger partial charge in [-0.3, -0.25) is 0 Å². The minimum Gasteiger partial charge on any atom is -0.242 e. The predicted molar refractivity (Wildman–Crippen MR) is 172 cm³/mol. The highest BCUT2D eigenvalue weighted by Gasteiger charge is 2.35. The Hall–Kier alpha value is -0.890. The molecule has 0 bridgehead atoms. The van der Waals surface area contributed by atoms with Gasteiger partial charge >= 0.3 is 0 Å². The maximum absolute atomic E-state index is 5.40. The number of rotatable bonds is 2. The quantitative estimate of drug-likeness (QED) is 0.363. The van der Waals surface area contributed by atoms with Crippen LogP contribution in [0.3, 0.4) is 0 Å². The van der Waals surface area contributed by atoms with Crippen LogP contribution in [0.1, 0.15) is 189 Å². The molecule has 2 unspecified atom stereocenters. The van der Waals surface area contributed by atoms with Crippen LogP contribution in [-0.4, -0.2) is 4.98 Å². The van der Waals surface area contributed by atoms with Crippen molar-refractivity contribution >= 4 is 21.6 Å². The molecule has 2 heterocycles. The summed E-state index contributed by atoms with van der Waals surface area (Å²) in [6, 6.07) is 7.40. The van der Waals surface area contributed by atoms with Crippen LogP contribution >= 0.6 is 11.3 Å². The van der Waals surface area contributed by atoms with Crippen molar-refractivity contribution in [1.82, 2.24) is 4.98 Å². The number of aromatic nitrogens is 1. The molecule has 0 saturated heterocycles. The van der Waals surface area contributed by atoms with Crippen LogP contribution in [0.25, 0.3) is 10.2 Å². The maximum Gasteiger partial charge on any atom is 0.123 e. The highest BCUT2D eigenvalue weighted by Crippen LogP contribution is 2.46. The summed E-state index contributed by atoms with van der Waals surface area (Å²) >= 11 is 2.05. The summed E-state index contributed by atoms with van der Waals surface area (Å²) in [5.41, 5.74) is 1.42. The van der Waals surface area contributed by atoms with Crippen molar-refractivity contribution in [3.05, 3.63) is 28.8 Å². The smallest absolute Gasteiger partial charge is 0.123 e. The van der Waals surface area contributed by atoms with E-state index in [0.717, 1.165) is 17.8 Å². The fraction of sp³-hybridized carbons (Fsp3) is 0.811. The second-order valence-electron chi connectivity index (χ2n) is 13.9. The first-order valence-electron chi connectivity index (χ1n) is 17.8. The summed E-state index contributed by atoms with van der Waals surface area (Å²) in [6.07, 6.45) is 37.6. The van der Waals surface area contributed by atoms with Gasteiger partial charge in [0, 0.05) is 21.9 Å². The van der Waals surface area contributed by atoms with Gasteiger partial charge in [0.1, 0.15) is 4.83 Å². The lowest BCUT2D eigenvalue weighted by Crippen LogP contribution is -2.02. The van der Waals surface area contributed by atoms with E-state index in [-0.39, 0.29) is 0 Å². The molecule has 3 saturated carbocycles. The number of pyridine rings is 1. The van der Waals surface area contributed by atoms with E-state index in [1.807, 2.05) is 0 Å². The van der Waals surface area contributed by atoms with Crippen molar-refractivity contribution in [2.75, 3.05) is 0 Å². The van der Waals surface area contributed by atoms with Gasteiger partial charge in [0.15, 0.2) is 0 Å². The maximum atomic E-state index is 5.40. The molecule has 0 aliphatic heterocycles. The molecule has 2 aromatic rings. The Morgan fingerprint density at radius 3 is 1.54 bits per heavy atom. The standard InChI is InChI=1S/C37H59NS/c1-2-4-7-12-16-21-31(22-17-13-8-5-3-1)36-29-34-26-27-35(38-37(34)39-36)30-20-15-11-9-6-10-14-18-23-32-28-33(32)25-19-24-30/h26-27,29-33H,1-25,28H2/t30?,32-,33?/m0/s1. The fourth-order valence-electron chi connectivity index (χ4n) is 7.95. The molecule has 218 valence electrons. The van der Waals surface area contributed by atoms with Crippen LogP contribution in [-0.2, 0) is 0 Å². The SMILES string of the molecule is c1cc2cc(C3CCCCCCCCCCCCC3)sc2nc1C1CCCCCCCCC[C@H]2CC2CCC1. The molecular weight excluding hydrogens is 490 g/mol. The van der Waals surface area contributed by atoms with Gasteiger partial charge in [-0.05, 0) is 62.0 Å². The average molecular weight is 550 g/mol. The molecule has 0 radical (unpaired) electrons. The summed E-state index contributed by atoms with van der Waals surface area (Å²) in [5.74, 6) is 3.58. The van der Waals surface area contributed by atoms with Crippen LogP contribution in [0.15, 0.2) is 18.2 Å². The minimum atomic E-state index is 0.677. The first kappa shape index (κ1) is 29.6. The minimum absolute atomic E-state index is 0.677. The summed E-state index contributed by atoms with van der Waals surface area (Å²) in [7, 11) is 0. The van der Waals surface area contributed by atoms with Crippen molar-refractivity contribution < 1.29 is 0 Å². The lowest BCUT2D eigenvalue weighted by atomic mass is 9.90. The zero-order valence-corrected chi connectivity index (χ0v) is 26.1. The van der Waals surface area contributed by atoms with Crippen molar-refractivity contribution in [3.8, 4) is 0 Å². The lowest BCUT2D eigenvalue weighted by Gasteiger charge is -2.17. The van der Waals surface area contributed by atoms with Crippen LogP contribution in [0.2, 0.25) is 0 Å². The molecule has 3 aliphatic carbocycles. The zero-order chi connectivity index (χ0) is 26.5. The number of fused-ring (bicyclic) bond motifs is 2. The first-order chi connectivity index (χ1) is 19.4. The van der Waals surface area contributed by atoms with E-state index in [1.54, 1.807) is 4.88 Å². The van der Waals surface area contributed by atoms with Crippen LogP contribution in [0, 0.1) is 11.8 Å². The predicted octanol–water partition coefficient (Wildman–Crippen LogP) is 12.9. The molecule has 0 aromatic carbocycles. The van der Waals surface area contributed by atoms with Gasteiger partial charge < -0.3 is 0 Å².